The lowest BCUT2D eigenvalue weighted by atomic mass is 10.2. The van der Waals surface area contributed by atoms with Crippen molar-refractivity contribution in [1.82, 2.24) is 9.78 Å². The molecule has 0 saturated heterocycles. The van der Waals surface area contributed by atoms with E-state index in [1.807, 2.05) is 13.8 Å². The van der Waals surface area contributed by atoms with Crippen molar-refractivity contribution in [1.29, 1.82) is 0 Å². The van der Waals surface area contributed by atoms with Crippen molar-refractivity contribution in [2.45, 2.75) is 32.9 Å². The van der Waals surface area contributed by atoms with Crippen LogP contribution in [0.3, 0.4) is 0 Å². The van der Waals surface area contributed by atoms with Gasteiger partial charge in [-0.3, -0.25) is 4.68 Å². The van der Waals surface area contributed by atoms with Crippen LogP contribution >= 0.6 is 11.6 Å². The van der Waals surface area contributed by atoms with Crippen molar-refractivity contribution in [2.75, 3.05) is 0 Å². The first-order chi connectivity index (χ1) is 5.70. The van der Waals surface area contributed by atoms with Crippen LogP contribution in [0, 0.1) is 0 Å². The lowest BCUT2D eigenvalue weighted by molar-refractivity contribution is 0.162. The van der Waals surface area contributed by atoms with Gasteiger partial charge in [-0.25, -0.2) is 0 Å². The smallest absolute Gasteiger partial charge is 0.0969 e. The number of aliphatic hydroxyl groups is 1. The van der Waals surface area contributed by atoms with Crippen LogP contribution in [0.1, 0.15) is 32.1 Å². The number of rotatable bonds is 3. The number of halogens is 1. The van der Waals surface area contributed by atoms with Crippen LogP contribution in [-0.4, -0.2) is 14.9 Å². The molecule has 0 bridgehead atoms. The van der Waals surface area contributed by atoms with Crippen molar-refractivity contribution < 1.29 is 5.11 Å². The molecule has 1 aromatic heterocycles. The molecule has 0 aliphatic carbocycles. The third-order valence-corrected chi connectivity index (χ3v) is 2.13. The normalized spacial score (nSPS) is 13.3. The minimum atomic E-state index is -0.500. The highest BCUT2D eigenvalue weighted by Gasteiger charge is 2.14. The molecule has 0 fully saturated rings. The van der Waals surface area contributed by atoms with Crippen LogP contribution in [-0.2, 0) is 6.54 Å². The highest BCUT2D eigenvalue weighted by molar-refractivity contribution is 6.31. The van der Waals surface area contributed by atoms with E-state index < -0.39 is 6.10 Å². The van der Waals surface area contributed by atoms with Gasteiger partial charge in [-0.2, -0.15) is 5.10 Å². The van der Waals surface area contributed by atoms with E-state index >= 15 is 0 Å². The fourth-order valence-corrected chi connectivity index (χ4v) is 1.42. The molecule has 0 spiro atoms. The van der Waals surface area contributed by atoms with Crippen molar-refractivity contribution in [3.8, 4) is 0 Å². The van der Waals surface area contributed by atoms with Gasteiger partial charge in [0, 0.05) is 6.54 Å². The maximum absolute atomic E-state index is 9.57. The SMILES string of the molecule is CCC(O)c1c(Cl)cnn1CC. The Labute approximate surface area is 77.0 Å². The van der Waals surface area contributed by atoms with E-state index in [2.05, 4.69) is 5.10 Å². The first kappa shape index (κ1) is 9.55. The molecule has 0 radical (unpaired) electrons. The topological polar surface area (TPSA) is 38.1 Å². The van der Waals surface area contributed by atoms with Crippen LogP contribution in [0.4, 0.5) is 0 Å². The average Bonchev–Trinajstić information content (AvgIpc) is 2.45. The molecule has 1 N–H and O–H groups in total. The minimum absolute atomic E-state index is 0.500. The minimum Gasteiger partial charge on any atom is -0.387 e. The van der Waals surface area contributed by atoms with Crippen LogP contribution in [0.2, 0.25) is 5.02 Å². The molecule has 4 heteroatoms. The Hall–Kier alpha value is -0.540. The molecule has 12 heavy (non-hydrogen) atoms. The van der Waals surface area contributed by atoms with Gasteiger partial charge in [0.25, 0.3) is 0 Å². The summed E-state index contributed by atoms with van der Waals surface area (Å²) in [6.45, 7) is 4.61. The van der Waals surface area contributed by atoms with E-state index in [9.17, 15) is 5.11 Å². The lowest BCUT2D eigenvalue weighted by Gasteiger charge is -2.10. The second kappa shape index (κ2) is 3.92. The highest BCUT2D eigenvalue weighted by atomic mass is 35.5. The zero-order chi connectivity index (χ0) is 9.14. The van der Waals surface area contributed by atoms with E-state index in [1.54, 1.807) is 10.9 Å². The van der Waals surface area contributed by atoms with Gasteiger partial charge in [0.05, 0.1) is 23.0 Å². The summed E-state index contributed by atoms with van der Waals surface area (Å²) in [5.41, 5.74) is 0.724. The number of aromatic nitrogens is 2. The second-order valence-corrected chi connectivity index (χ2v) is 3.02. The molecule has 0 amide bonds. The van der Waals surface area contributed by atoms with E-state index in [1.165, 1.54) is 0 Å². The number of aliphatic hydroxyl groups excluding tert-OH is 1. The van der Waals surface area contributed by atoms with Crippen molar-refractivity contribution in [3.63, 3.8) is 0 Å². The molecule has 1 atom stereocenters. The third-order valence-electron chi connectivity index (χ3n) is 1.84. The van der Waals surface area contributed by atoms with E-state index in [0.717, 1.165) is 12.2 Å². The van der Waals surface area contributed by atoms with Gasteiger partial charge in [-0.15, -0.1) is 0 Å². The number of hydrogen-bond acceptors (Lipinski definition) is 2. The molecule has 0 saturated carbocycles. The molecule has 1 aromatic rings. The summed E-state index contributed by atoms with van der Waals surface area (Å²) < 4.78 is 1.72. The van der Waals surface area contributed by atoms with Gasteiger partial charge >= 0.3 is 0 Å². The first-order valence-electron chi connectivity index (χ1n) is 4.10. The summed E-state index contributed by atoms with van der Waals surface area (Å²) in [6, 6.07) is 0. The molecular weight excluding hydrogens is 176 g/mol. The first-order valence-corrected chi connectivity index (χ1v) is 4.47. The Bertz CT molecular complexity index is 260. The number of aryl methyl sites for hydroxylation is 1. The number of nitrogens with zero attached hydrogens (tertiary/aromatic N) is 2. The Morgan fingerprint density at radius 3 is 2.83 bits per heavy atom. The molecule has 68 valence electrons. The molecule has 0 aliphatic heterocycles. The molecule has 3 nitrogen and oxygen atoms in total. The van der Waals surface area contributed by atoms with Crippen LogP contribution < -0.4 is 0 Å². The van der Waals surface area contributed by atoms with E-state index in [-0.39, 0.29) is 0 Å². The Balaban J connectivity index is 3.01. The van der Waals surface area contributed by atoms with Crippen molar-refractivity contribution in [2.24, 2.45) is 0 Å². The molecule has 1 heterocycles. The summed E-state index contributed by atoms with van der Waals surface area (Å²) in [5, 5.41) is 14.1. The summed E-state index contributed by atoms with van der Waals surface area (Å²) >= 11 is 5.85. The van der Waals surface area contributed by atoms with Gasteiger partial charge in [-0.1, -0.05) is 18.5 Å². The molecular formula is C8H13ClN2O. The quantitative estimate of drug-likeness (QED) is 0.788. The maximum atomic E-state index is 9.57. The molecule has 0 aliphatic rings. The second-order valence-electron chi connectivity index (χ2n) is 2.62. The molecule has 1 unspecified atom stereocenters. The maximum Gasteiger partial charge on any atom is 0.0969 e. The van der Waals surface area contributed by atoms with Gasteiger partial charge in [-0.05, 0) is 13.3 Å². The zero-order valence-corrected chi connectivity index (χ0v) is 8.04. The summed E-state index contributed by atoms with van der Waals surface area (Å²) in [7, 11) is 0. The third kappa shape index (κ3) is 1.62. The van der Waals surface area contributed by atoms with E-state index in [4.69, 9.17) is 11.6 Å². The Kier molecular flexibility index (Phi) is 3.12. The number of hydrogen-bond donors (Lipinski definition) is 1. The molecule has 0 aromatic carbocycles. The summed E-state index contributed by atoms with van der Waals surface area (Å²) in [5.74, 6) is 0. The van der Waals surface area contributed by atoms with Crippen LogP contribution in [0.5, 0.6) is 0 Å². The lowest BCUT2D eigenvalue weighted by Crippen LogP contribution is -2.07. The van der Waals surface area contributed by atoms with Gasteiger partial charge in [0.15, 0.2) is 0 Å². The predicted molar refractivity (Wildman–Crippen MR) is 48.2 cm³/mol. The van der Waals surface area contributed by atoms with Gasteiger partial charge in [0.2, 0.25) is 0 Å². The summed E-state index contributed by atoms with van der Waals surface area (Å²) in [6.07, 6.45) is 1.73. The average molecular weight is 189 g/mol. The summed E-state index contributed by atoms with van der Waals surface area (Å²) in [4.78, 5) is 0. The monoisotopic (exact) mass is 188 g/mol. The largest absolute Gasteiger partial charge is 0.387 e. The Morgan fingerprint density at radius 1 is 1.67 bits per heavy atom. The fraction of sp³-hybridized carbons (Fsp3) is 0.625. The predicted octanol–water partition coefficient (Wildman–Crippen LogP) is 2.00. The molecule has 1 rings (SSSR count). The Morgan fingerprint density at radius 2 is 2.33 bits per heavy atom. The van der Waals surface area contributed by atoms with Gasteiger partial charge in [0.1, 0.15) is 0 Å². The van der Waals surface area contributed by atoms with Crippen LogP contribution in [0.25, 0.3) is 0 Å². The van der Waals surface area contributed by atoms with E-state index in [0.29, 0.717) is 11.4 Å². The van der Waals surface area contributed by atoms with Crippen molar-refractivity contribution >= 4 is 11.6 Å². The van der Waals surface area contributed by atoms with Crippen LogP contribution in [0.15, 0.2) is 6.20 Å². The fourth-order valence-electron chi connectivity index (χ4n) is 1.15. The van der Waals surface area contributed by atoms with Gasteiger partial charge < -0.3 is 5.11 Å². The standard InChI is InChI=1S/C8H13ClN2O/c1-3-7(12)8-6(9)5-10-11(8)4-2/h5,7,12H,3-4H2,1-2H3. The highest BCUT2D eigenvalue weighted by Crippen LogP contribution is 2.24. The van der Waals surface area contributed by atoms with Crippen molar-refractivity contribution in [3.05, 3.63) is 16.9 Å². The zero-order valence-electron chi connectivity index (χ0n) is 7.29.